The number of hydrogen-bond donors (Lipinski definition) is 0. The van der Waals surface area contributed by atoms with Gasteiger partial charge in [0.2, 0.25) is 11.2 Å². The van der Waals surface area contributed by atoms with E-state index < -0.39 is 12.1 Å². The maximum Gasteiger partial charge on any atom is 0.347 e. The van der Waals surface area contributed by atoms with Gasteiger partial charge in [-0.15, -0.1) is 0 Å². The van der Waals surface area contributed by atoms with Crippen LogP contribution in [0.15, 0.2) is 57.9 Å². The minimum Gasteiger partial charge on any atom is -0.479 e. The molecule has 0 spiro atoms. The summed E-state index contributed by atoms with van der Waals surface area (Å²) in [5, 5.41) is 0.359. The van der Waals surface area contributed by atoms with Crippen LogP contribution in [0.25, 0.3) is 11.0 Å². The van der Waals surface area contributed by atoms with Crippen molar-refractivity contribution in [2.45, 2.75) is 46.3 Å². The third-order valence-corrected chi connectivity index (χ3v) is 4.47. The van der Waals surface area contributed by atoms with Crippen molar-refractivity contribution in [3.05, 3.63) is 64.5 Å². The maximum atomic E-state index is 12.7. The number of rotatable bonds is 7. The van der Waals surface area contributed by atoms with E-state index in [1.54, 1.807) is 31.2 Å². The van der Waals surface area contributed by atoms with Gasteiger partial charge in [0.25, 0.3) is 0 Å². The van der Waals surface area contributed by atoms with E-state index in [1.165, 1.54) is 6.26 Å². The average Bonchev–Trinajstić information content (AvgIpc) is 2.70. The Hall–Kier alpha value is -3.28. The topological polar surface area (TPSA) is 75.0 Å². The Morgan fingerprint density at radius 3 is 2.62 bits per heavy atom. The molecular formula is C23H24O6. The molecule has 1 aromatic heterocycles. The van der Waals surface area contributed by atoms with Gasteiger partial charge in [-0.05, 0) is 57.0 Å². The van der Waals surface area contributed by atoms with E-state index >= 15 is 0 Å². The van der Waals surface area contributed by atoms with Crippen molar-refractivity contribution in [1.29, 1.82) is 0 Å². The van der Waals surface area contributed by atoms with E-state index in [0.29, 0.717) is 22.5 Å². The Morgan fingerprint density at radius 2 is 1.90 bits per heavy atom. The highest BCUT2D eigenvalue weighted by Gasteiger charge is 2.19. The van der Waals surface area contributed by atoms with Crippen LogP contribution in [0.3, 0.4) is 0 Å². The van der Waals surface area contributed by atoms with Gasteiger partial charge in [0.05, 0.1) is 11.5 Å². The second-order valence-corrected chi connectivity index (χ2v) is 6.92. The van der Waals surface area contributed by atoms with Crippen LogP contribution in [0.2, 0.25) is 0 Å². The molecule has 0 aliphatic heterocycles. The third kappa shape index (κ3) is 4.96. The highest BCUT2D eigenvalue weighted by Crippen LogP contribution is 2.25. The maximum absolute atomic E-state index is 12.7. The largest absolute Gasteiger partial charge is 0.479 e. The molecule has 0 aliphatic carbocycles. The number of benzene rings is 2. The molecule has 2 aromatic carbocycles. The standard InChI is InChI=1S/C23H24O6/c1-5-15(3)27-23(25)16(4)28-18-9-10-19-20(12-18)26-13-21(22(19)24)29-17-8-6-7-14(2)11-17/h6-13,15-16H,5H2,1-4H3/t15-,16-/m0/s1. The lowest BCUT2D eigenvalue weighted by atomic mass is 10.2. The number of ether oxygens (including phenoxy) is 3. The summed E-state index contributed by atoms with van der Waals surface area (Å²) in [4.78, 5) is 24.8. The Kier molecular flexibility index (Phi) is 6.22. The smallest absolute Gasteiger partial charge is 0.347 e. The van der Waals surface area contributed by atoms with Crippen LogP contribution in [0, 0.1) is 6.92 Å². The number of fused-ring (bicyclic) bond motifs is 1. The normalized spacial score (nSPS) is 13.0. The van der Waals surface area contributed by atoms with E-state index in [4.69, 9.17) is 18.6 Å². The fraction of sp³-hybridized carbons (Fsp3) is 0.304. The molecule has 6 nitrogen and oxygen atoms in total. The van der Waals surface area contributed by atoms with E-state index in [1.807, 2.05) is 39.0 Å². The van der Waals surface area contributed by atoms with Gasteiger partial charge >= 0.3 is 5.97 Å². The second kappa shape index (κ2) is 8.82. The Morgan fingerprint density at radius 1 is 1.10 bits per heavy atom. The molecule has 0 bridgehead atoms. The van der Waals surface area contributed by atoms with Crippen LogP contribution in [0.4, 0.5) is 0 Å². The highest BCUT2D eigenvalue weighted by atomic mass is 16.6. The fourth-order valence-corrected chi connectivity index (χ4v) is 2.67. The first kappa shape index (κ1) is 20.5. The summed E-state index contributed by atoms with van der Waals surface area (Å²) < 4.78 is 22.2. The molecule has 0 amide bonds. The molecule has 3 rings (SSSR count). The number of esters is 1. The quantitative estimate of drug-likeness (QED) is 0.523. The van der Waals surface area contributed by atoms with E-state index in [0.717, 1.165) is 12.0 Å². The van der Waals surface area contributed by atoms with Crippen LogP contribution < -0.4 is 14.9 Å². The van der Waals surface area contributed by atoms with Crippen LogP contribution in [-0.4, -0.2) is 18.2 Å². The van der Waals surface area contributed by atoms with Gasteiger partial charge in [-0.2, -0.15) is 0 Å². The monoisotopic (exact) mass is 396 g/mol. The molecule has 0 unspecified atom stereocenters. The summed E-state index contributed by atoms with van der Waals surface area (Å²) >= 11 is 0. The molecule has 0 fully saturated rings. The third-order valence-electron chi connectivity index (χ3n) is 4.47. The van der Waals surface area contributed by atoms with E-state index in [-0.39, 0.29) is 17.3 Å². The lowest BCUT2D eigenvalue weighted by molar-refractivity contribution is -0.155. The molecule has 6 heteroatoms. The van der Waals surface area contributed by atoms with Crippen molar-refractivity contribution in [3.8, 4) is 17.2 Å². The molecule has 0 aliphatic rings. The molecule has 0 radical (unpaired) electrons. The van der Waals surface area contributed by atoms with Crippen molar-refractivity contribution < 1.29 is 23.4 Å². The molecule has 2 atom stereocenters. The van der Waals surface area contributed by atoms with E-state index in [9.17, 15) is 9.59 Å². The van der Waals surface area contributed by atoms with Gasteiger partial charge in [-0.1, -0.05) is 19.1 Å². The van der Waals surface area contributed by atoms with Crippen molar-refractivity contribution in [2.75, 3.05) is 0 Å². The van der Waals surface area contributed by atoms with Crippen molar-refractivity contribution in [1.82, 2.24) is 0 Å². The fourth-order valence-electron chi connectivity index (χ4n) is 2.67. The summed E-state index contributed by atoms with van der Waals surface area (Å²) in [6, 6.07) is 12.2. The molecular weight excluding hydrogens is 372 g/mol. The van der Waals surface area contributed by atoms with Gasteiger partial charge < -0.3 is 18.6 Å². The van der Waals surface area contributed by atoms with E-state index in [2.05, 4.69) is 0 Å². The summed E-state index contributed by atoms with van der Waals surface area (Å²) in [6.45, 7) is 7.32. The number of aryl methyl sites for hydroxylation is 1. The Bertz CT molecular complexity index is 1070. The Labute approximate surface area is 169 Å². The first-order valence-electron chi connectivity index (χ1n) is 9.54. The first-order valence-corrected chi connectivity index (χ1v) is 9.54. The predicted molar refractivity (Wildman–Crippen MR) is 110 cm³/mol. The van der Waals surface area contributed by atoms with Crippen molar-refractivity contribution in [3.63, 3.8) is 0 Å². The second-order valence-electron chi connectivity index (χ2n) is 6.92. The van der Waals surface area contributed by atoms with Crippen LogP contribution in [0.1, 0.15) is 32.8 Å². The van der Waals surface area contributed by atoms with Crippen LogP contribution in [-0.2, 0) is 9.53 Å². The molecule has 1 heterocycles. The zero-order valence-corrected chi connectivity index (χ0v) is 16.9. The molecule has 0 saturated carbocycles. The lowest BCUT2D eigenvalue weighted by Gasteiger charge is -2.17. The average molecular weight is 396 g/mol. The van der Waals surface area contributed by atoms with Gasteiger partial charge in [0, 0.05) is 6.07 Å². The number of carbonyl (C=O) groups excluding carboxylic acids is 1. The first-order chi connectivity index (χ1) is 13.9. The molecule has 0 saturated heterocycles. The molecule has 3 aromatic rings. The zero-order chi connectivity index (χ0) is 21.0. The SMILES string of the molecule is CC[C@H](C)OC(=O)[C@H](C)Oc1ccc2c(=O)c(Oc3cccc(C)c3)coc2c1. The molecule has 29 heavy (non-hydrogen) atoms. The van der Waals surface area contributed by atoms with Crippen LogP contribution in [0.5, 0.6) is 17.2 Å². The van der Waals surface area contributed by atoms with Gasteiger partial charge in [0.1, 0.15) is 23.3 Å². The lowest BCUT2D eigenvalue weighted by Crippen LogP contribution is -2.29. The summed E-state index contributed by atoms with van der Waals surface area (Å²) in [5.74, 6) is 0.622. The summed E-state index contributed by atoms with van der Waals surface area (Å²) in [6.07, 6.45) is 1.05. The number of hydrogen-bond acceptors (Lipinski definition) is 6. The van der Waals surface area contributed by atoms with Gasteiger partial charge in [-0.25, -0.2) is 4.79 Å². The summed E-state index contributed by atoms with van der Waals surface area (Å²) in [5.41, 5.74) is 1.07. The summed E-state index contributed by atoms with van der Waals surface area (Å²) in [7, 11) is 0. The Balaban J connectivity index is 1.79. The van der Waals surface area contributed by atoms with Crippen molar-refractivity contribution >= 4 is 16.9 Å². The molecule has 0 N–H and O–H groups in total. The molecule has 152 valence electrons. The van der Waals surface area contributed by atoms with Gasteiger partial charge in [0.15, 0.2) is 6.10 Å². The number of carbonyl (C=O) groups is 1. The minimum atomic E-state index is -0.780. The predicted octanol–water partition coefficient (Wildman–Crippen LogP) is 5.00. The van der Waals surface area contributed by atoms with Crippen molar-refractivity contribution in [2.24, 2.45) is 0 Å². The minimum absolute atomic E-state index is 0.0993. The zero-order valence-electron chi connectivity index (χ0n) is 16.9. The van der Waals surface area contributed by atoms with Gasteiger partial charge in [-0.3, -0.25) is 4.79 Å². The highest BCUT2D eigenvalue weighted by molar-refractivity contribution is 5.79. The van der Waals surface area contributed by atoms with Crippen LogP contribution >= 0.6 is 0 Å².